The van der Waals surface area contributed by atoms with Crippen LogP contribution in [0, 0.1) is 0 Å². The molecule has 1 saturated heterocycles. The predicted molar refractivity (Wildman–Crippen MR) is 64.1 cm³/mol. The van der Waals surface area contributed by atoms with Gasteiger partial charge >= 0.3 is 0 Å². The van der Waals surface area contributed by atoms with Crippen molar-refractivity contribution in [2.75, 3.05) is 61.4 Å². The van der Waals surface area contributed by atoms with Crippen LogP contribution < -0.4 is 0 Å². The predicted octanol–water partition coefficient (Wildman–Crippen LogP) is 0.465. The Morgan fingerprint density at radius 1 is 0.933 bits per heavy atom. The van der Waals surface area contributed by atoms with Crippen LogP contribution in [0.25, 0.3) is 0 Å². The highest BCUT2D eigenvalue weighted by Crippen LogP contribution is 2.53. The van der Waals surface area contributed by atoms with Crippen LogP contribution in [0.4, 0.5) is 0 Å². The number of piperazine rings is 1. The van der Waals surface area contributed by atoms with E-state index in [1.54, 1.807) is 0 Å². The molecule has 0 aromatic rings. The molecule has 0 unspecified atom stereocenters. The normalized spacial score (nSPS) is 21.5. The molecule has 15 heavy (non-hydrogen) atoms. The fraction of sp³-hybridized carbons (Fsp3) is 1.00. The highest BCUT2D eigenvalue weighted by Gasteiger charge is 2.36. The summed E-state index contributed by atoms with van der Waals surface area (Å²) < 4.78 is 18.6. The van der Waals surface area contributed by atoms with Crippen LogP contribution in [0.3, 0.4) is 0 Å². The van der Waals surface area contributed by atoms with E-state index in [1.807, 2.05) is 37.5 Å². The molecule has 1 aliphatic rings. The van der Waals surface area contributed by atoms with Gasteiger partial charge in [-0.3, -0.25) is 4.57 Å². The average Bonchev–Trinajstić information content (AvgIpc) is 2.17. The van der Waals surface area contributed by atoms with E-state index in [0.29, 0.717) is 0 Å². The number of hydrogen-bond donors (Lipinski definition) is 0. The minimum atomic E-state index is -2.49. The fourth-order valence-corrected chi connectivity index (χ4v) is 4.35. The molecule has 0 saturated carbocycles. The van der Waals surface area contributed by atoms with Gasteiger partial charge < -0.3 is 4.90 Å². The second-order valence-electron chi connectivity index (χ2n) is 4.46. The summed E-state index contributed by atoms with van der Waals surface area (Å²) in [5.41, 5.74) is 0. The average molecular weight is 234 g/mol. The maximum absolute atomic E-state index is 12.8. The van der Waals surface area contributed by atoms with E-state index in [9.17, 15) is 4.57 Å². The van der Waals surface area contributed by atoms with Crippen molar-refractivity contribution in [3.63, 3.8) is 0 Å². The van der Waals surface area contributed by atoms with E-state index in [-0.39, 0.29) is 0 Å². The van der Waals surface area contributed by atoms with E-state index in [4.69, 9.17) is 0 Å². The monoisotopic (exact) mass is 234 g/mol. The van der Waals surface area contributed by atoms with Gasteiger partial charge in [-0.1, -0.05) is 0 Å². The number of hydrogen-bond acceptors (Lipinski definition) is 2. The second-order valence-corrected chi connectivity index (χ2v) is 7.66. The first kappa shape index (κ1) is 13.1. The molecule has 90 valence electrons. The first-order chi connectivity index (χ1) is 6.89. The van der Waals surface area contributed by atoms with Gasteiger partial charge in [-0.05, 0) is 35.2 Å². The van der Waals surface area contributed by atoms with Crippen molar-refractivity contribution in [2.24, 2.45) is 0 Å². The number of nitrogens with zero attached hydrogens (tertiary/aromatic N) is 4. The Hall–Kier alpha value is 0.0700. The van der Waals surface area contributed by atoms with E-state index in [0.717, 1.165) is 26.2 Å². The minimum Gasteiger partial charge on any atom is -0.304 e. The molecule has 1 fully saturated rings. The van der Waals surface area contributed by atoms with Crippen LogP contribution in [0.2, 0.25) is 0 Å². The summed E-state index contributed by atoms with van der Waals surface area (Å²) in [5, 5.41) is 0. The minimum absolute atomic E-state index is 0.879. The van der Waals surface area contributed by atoms with E-state index in [2.05, 4.69) is 16.6 Å². The van der Waals surface area contributed by atoms with Crippen molar-refractivity contribution in [3.8, 4) is 0 Å². The number of rotatable bonds is 3. The molecule has 0 spiro atoms. The molecule has 6 heteroatoms. The lowest BCUT2D eigenvalue weighted by molar-refractivity contribution is 0.203. The molecule has 1 heterocycles. The molecule has 0 amide bonds. The Morgan fingerprint density at radius 2 is 1.33 bits per heavy atom. The maximum Gasteiger partial charge on any atom is 0.285 e. The van der Waals surface area contributed by atoms with E-state index in [1.165, 1.54) is 0 Å². The van der Waals surface area contributed by atoms with Crippen LogP contribution in [0.1, 0.15) is 0 Å². The van der Waals surface area contributed by atoms with Gasteiger partial charge in [-0.2, -0.15) is 0 Å². The van der Waals surface area contributed by atoms with E-state index >= 15 is 0 Å². The summed E-state index contributed by atoms with van der Waals surface area (Å²) >= 11 is 0. The Morgan fingerprint density at radius 3 is 1.67 bits per heavy atom. The lowest BCUT2D eigenvalue weighted by atomic mass is 10.4. The van der Waals surface area contributed by atoms with Gasteiger partial charge in [0.1, 0.15) is 0 Å². The van der Waals surface area contributed by atoms with Crippen molar-refractivity contribution in [1.29, 1.82) is 0 Å². The Balaban J connectivity index is 2.78. The van der Waals surface area contributed by atoms with Crippen LogP contribution in [0.5, 0.6) is 0 Å². The van der Waals surface area contributed by atoms with Gasteiger partial charge in [0.15, 0.2) is 0 Å². The summed E-state index contributed by atoms with van der Waals surface area (Å²) in [6.45, 7) is 3.74. The zero-order valence-electron chi connectivity index (χ0n) is 10.5. The zero-order valence-corrected chi connectivity index (χ0v) is 11.4. The van der Waals surface area contributed by atoms with Crippen molar-refractivity contribution >= 4 is 7.59 Å². The zero-order chi connectivity index (χ0) is 11.6. The molecule has 0 bridgehead atoms. The molecule has 0 N–H and O–H groups in total. The second kappa shape index (κ2) is 4.93. The van der Waals surface area contributed by atoms with Gasteiger partial charge in [0.25, 0.3) is 7.59 Å². The topological polar surface area (TPSA) is 30.0 Å². The third-order valence-electron chi connectivity index (χ3n) is 2.89. The Bertz CT molecular complexity index is 236. The standard InChI is InChI=1S/C9H23N4OP/c1-10(2)15(14,11(3)4)13-8-6-12(5)7-9-13/h6-9H2,1-5H3. The van der Waals surface area contributed by atoms with Crippen molar-refractivity contribution < 1.29 is 4.57 Å². The third kappa shape index (κ3) is 2.60. The molecular formula is C9H23N4OP. The lowest BCUT2D eigenvalue weighted by Crippen LogP contribution is -2.46. The highest BCUT2D eigenvalue weighted by molar-refractivity contribution is 7.56. The molecule has 0 radical (unpaired) electrons. The molecule has 0 atom stereocenters. The van der Waals surface area contributed by atoms with Gasteiger partial charge in [0, 0.05) is 26.2 Å². The summed E-state index contributed by atoms with van der Waals surface area (Å²) in [7, 11) is 7.16. The van der Waals surface area contributed by atoms with E-state index < -0.39 is 7.59 Å². The van der Waals surface area contributed by atoms with Crippen LogP contribution in [-0.4, -0.2) is 80.3 Å². The van der Waals surface area contributed by atoms with Gasteiger partial charge in [-0.25, -0.2) is 14.0 Å². The molecule has 0 aliphatic carbocycles. The quantitative estimate of drug-likeness (QED) is 0.662. The fourth-order valence-electron chi connectivity index (χ4n) is 1.92. The third-order valence-corrected chi connectivity index (χ3v) is 6.11. The first-order valence-corrected chi connectivity index (χ1v) is 6.85. The molecule has 1 aliphatic heterocycles. The summed E-state index contributed by atoms with van der Waals surface area (Å²) in [4.78, 5) is 2.27. The molecule has 0 aromatic heterocycles. The van der Waals surface area contributed by atoms with Crippen LogP contribution in [0.15, 0.2) is 0 Å². The number of likely N-dealkylation sites (N-methyl/N-ethyl adjacent to an activating group) is 1. The van der Waals surface area contributed by atoms with Crippen molar-refractivity contribution in [3.05, 3.63) is 0 Å². The molecular weight excluding hydrogens is 211 g/mol. The van der Waals surface area contributed by atoms with Crippen molar-refractivity contribution in [1.82, 2.24) is 18.9 Å². The van der Waals surface area contributed by atoms with Crippen LogP contribution in [-0.2, 0) is 4.57 Å². The summed E-state index contributed by atoms with van der Waals surface area (Å²) in [5.74, 6) is 0. The van der Waals surface area contributed by atoms with Crippen LogP contribution >= 0.6 is 7.59 Å². The smallest absolute Gasteiger partial charge is 0.285 e. The SMILES string of the molecule is CN1CCN(P(=O)(N(C)C)N(C)C)CC1. The van der Waals surface area contributed by atoms with Gasteiger partial charge in [0.2, 0.25) is 0 Å². The molecule has 1 rings (SSSR count). The van der Waals surface area contributed by atoms with Gasteiger partial charge in [0.05, 0.1) is 0 Å². The Kier molecular flexibility index (Phi) is 4.32. The lowest BCUT2D eigenvalue weighted by Gasteiger charge is -2.42. The van der Waals surface area contributed by atoms with Crippen molar-refractivity contribution in [2.45, 2.75) is 0 Å². The molecule has 0 aromatic carbocycles. The first-order valence-electron chi connectivity index (χ1n) is 5.28. The molecule has 5 nitrogen and oxygen atoms in total. The Labute approximate surface area is 93.2 Å². The summed E-state index contributed by atoms with van der Waals surface area (Å²) in [6, 6.07) is 0. The van der Waals surface area contributed by atoms with Gasteiger partial charge in [-0.15, -0.1) is 0 Å². The largest absolute Gasteiger partial charge is 0.304 e. The maximum atomic E-state index is 12.8. The highest BCUT2D eigenvalue weighted by atomic mass is 31.2. The summed E-state index contributed by atoms with van der Waals surface area (Å²) in [6.07, 6.45) is 0.